The van der Waals surface area contributed by atoms with Crippen LogP contribution in [0.1, 0.15) is 58.8 Å². The molecule has 1 heteroatoms. The lowest BCUT2D eigenvalue weighted by Gasteiger charge is -2.44. The molecular weight excluding hydrogens is 172 g/mol. The van der Waals surface area contributed by atoms with Crippen molar-refractivity contribution < 1.29 is 4.79 Å². The Morgan fingerprint density at radius 3 is 2.29 bits per heavy atom. The van der Waals surface area contributed by atoms with Crippen molar-refractivity contribution >= 4 is 5.78 Å². The van der Waals surface area contributed by atoms with Gasteiger partial charge in [0.25, 0.3) is 0 Å². The van der Waals surface area contributed by atoms with Crippen LogP contribution in [0.5, 0.6) is 0 Å². The molecule has 0 aliphatic heterocycles. The molecule has 0 amide bonds. The van der Waals surface area contributed by atoms with Gasteiger partial charge in [0, 0.05) is 5.92 Å². The molecular formula is C13H22O. The summed E-state index contributed by atoms with van der Waals surface area (Å²) in [6, 6.07) is 0. The van der Waals surface area contributed by atoms with Crippen LogP contribution in [0.3, 0.4) is 0 Å². The third-order valence-corrected chi connectivity index (χ3v) is 4.60. The zero-order chi connectivity index (χ0) is 10.2. The van der Waals surface area contributed by atoms with Crippen LogP contribution in [0.15, 0.2) is 0 Å². The van der Waals surface area contributed by atoms with Gasteiger partial charge in [0.15, 0.2) is 0 Å². The average molecular weight is 194 g/mol. The molecule has 2 atom stereocenters. The normalized spacial score (nSPS) is 36.1. The van der Waals surface area contributed by atoms with Crippen LogP contribution in [0, 0.1) is 17.3 Å². The Balaban J connectivity index is 2.23. The topological polar surface area (TPSA) is 17.1 Å². The standard InChI is InChI=1S/C13H22O/c1-10-6-5-9-13(7-3-4-8-13)12(10)11(2)14/h10,12H,3-9H2,1-2H3/t10-,12+/m1/s1. The molecule has 0 aromatic rings. The van der Waals surface area contributed by atoms with Crippen LogP contribution in [0.25, 0.3) is 0 Å². The predicted molar refractivity (Wildman–Crippen MR) is 58.1 cm³/mol. The third-order valence-electron chi connectivity index (χ3n) is 4.60. The lowest BCUT2D eigenvalue weighted by molar-refractivity contribution is -0.129. The summed E-state index contributed by atoms with van der Waals surface area (Å²) < 4.78 is 0. The summed E-state index contributed by atoms with van der Waals surface area (Å²) in [5.74, 6) is 1.48. The Labute approximate surface area is 87.3 Å². The van der Waals surface area contributed by atoms with Gasteiger partial charge >= 0.3 is 0 Å². The smallest absolute Gasteiger partial charge is 0.133 e. The fraction of sp³-hybridized carbons (Fsp3) is 0.923. The van der Waals surface area contributed by atoms with Gasteiger partial charge in [0.2, 0.25) is 0 Å². The number of Topliss-reactive ketones (excluding diaryl/α,β-unsaturated/α-hetero) is 1. The molecule has 2 aliphatic carbocycles. The van der Waals surface area contributed by atoms with Crippen molar-refractivity contribution in [2.24, 2.45) is 17.3 Å². The Morgan fingerprint density at radius 2 is 1.71 bits per heavy atom. The molecule has 0 aromatic carbocycles. The van der Waals surface area contributed by atoms with Crippen molar-refractivity contribution in [2.75, 3.05) is 0 Å². The van der Waals surface area contributed by atoms with Crippen molar-refractivity contribution in [3.05, 3.63) is 0 Å². The summed E-state index contributed by atoms with van der Waals surface area (Å²) in [6.45, 7) is 4.10. The molecule has 2 aliphatic rings. The molecule has 0 aromatic heterocycles. The van der Waals surface area contributed by atoms with Crippen molar-refractivity contribution in [2.45, 2.75) is 58.8 Å². The third kappa shape index (κ3) is 1.51. The van der Waals surface area contributed by atoms with Gasteiger partial charge in [0.1, 0.15) is 5.78 Å². The maximum atomic E-state index is 11.8. The van der Waals surface area contributed by atoms with E-state index in [1.165, 1.54) is 44.9 Å². The van der Waals surface area contributed by atoms with E-state index in [0.29, 0.717) is 23.0 Å². The van der Waals surface area contributed by atoms with Gasteiger partial charge in [0.05, 0.1) is 0 Å². The van der Waals surface area contributed by atoms with E-state index >= 15 is 0 Å². The molecule has 1 nitrogen and oxygen atoms in total. The summed E-state index contributed by atoms with van der Waals surface area (Å²) in [4.78, 5) is 11.8. The predicted octanol–water partition coefficient (Wildman–Crippen LogP) is 3.57. The van der Waals surface area contributed by atoms with E-state index in [0.717, 1.165) is 0 Å². The molecule has 0 N–H and O–H groups in total. The Bertz CT molecular complexity index is 225. The van der Waals surface area contributed by atoms with Gasteiger partial charge in [-0.2, -0.15) is 0 Å². The van der Waals surface area contributed by atoms with Gasteiger partial charge < -0.3 is 0 Å². The summed E-state index contributed by atoms with van der Waals surface area (Å²) in [5, 5.41) is 0. The van der Waals surface area contributed by atoms with Crippen LogP contribution in [0.2, 0.25) is 0 Å². The second kappa shape index (κ2) is 3.67. The fourth-order valence-corrected chi connectivity index (χ4v) is 4.17. The lowest BCUT2D eigenvalue weighted by atomic mass is 9.60. The quantitative estimate of drug-likeness (QED) is 0.623. The van der Waals surface area contributed by atoms with Gasteiger partial charge in [-0.3, -0.25) is 4.79 Å². The van der Waals surface area contributed by atoms with Crippen LogP contribution in [0.4, 0.5) is 0 Å². The zero-order valence-electron chi connectivity index (χ0n) is 9.51. The molecule has 0 radical (unpaired) electrons. The van der Waals surface area contributed by atoms with Crippen LogP contribution >= 0.6 is 0 Å². The summed E-state index contributed by atoms with van der Waals surface area (Å²) in [5.41, 5.74) is 0.434. The molecule has 2 rings (SSSR count). The average Bonchev–Trinajstić information content (AvgIpc) is 2.53. The SMILES string of the molecule is CC(=O)[C@@H]1[C@H](C)CCCC12CCCC2. The number of carbonyl (C=O) groups excluding carboxylic acids is 1. The number of rotatable bonds is 1. The van der Waals surface area contributed by atoms with E-state index in [9.17, 15) is 4.79 Å². The second-order valence-electron chi connectivity index (χ2n) is 5.53. The maximum absolute atomic E-state index is 11.8. The highest BCUT2D eigenvalue weighted by Crippen LogP contribution is 2.54. The molecule has 2 saturated carbocycles. The van der Waals surface area contributed by atoms with E-state index in [-0.39, 0.29) is 0 Å². The molecule has 14 heavy (non-hydrogen) atoms. The summed E-state index contributed by atoms with van der Waals surface area (Å²) >= 11 is 0. The molecule has 0 saturated heterocycles. The largest absolute Gasteiger partial charge is 0.300 e. The van der Waals surface area contributed by atoms with Crippen molar-refractivity contribution in [1.82, 2.24) is 0 Å². The van der Waals surface area contributed by atoms with E-state index in [4.69, 9.17) is 0 Å². The lowest BCUT2D eigenvalue weighted by Crippen LogP contribution is -2.40. The highest BCUT2D eigenvalue weighted by Gasteiger charge is 2.47. The van der Waals surface area contributed by atoms with Gasteiger partial charge in [-0.15, -0.1) is 0 Å². The van der Waals surface area contributed by atoms with Crippen LogP contribution in [-0.2, 0) is 4.79 Å². The van der Waals surface area contributed by atoms with E-state index in [1.54, 1.807) is 0 Å². The maximum Gasteiger partial charge on any atom is 0.133 e. The Kier molecular flexibility index (Phi) is 2.68. The number of ketones is 1. The molecule has 0 bridgehead atoms. The fourth-order valence-electron chi connectivity index (χ4n) is 4.17. The molecule has 1 spiro atoms. The number of hydrogen-bond acceptors (Lipinski definition) is 1. The minimum absolute atomic E-state index is 0.388. The van der Waals surface area contributed by atoms with Gasteiger partial charge in [-0.05, 0) is 43.9 Å². The monoisotopic (exact) mass is 194 g/mol. The first-order chi connectivity index (χ1) is 6.66. The van der Waals surface area contributed by atoms with Gasteiger partial charge in [-0.25, -0.2) is 0 Å². The highest BCUT2D eigenvalue weighted by atomic mass is 16.1. The first-order valence-corrected chi connectivity index (χ1v) is 6.16. The minimum atomic E-state index is 0.388. The summed E-state index contributed by atoms with van der Waals surface area (Å²) in [6.07, 6.45) is 9.30. The molecule has 0 heterocycles. The van der Waals surface area contributed by atoms with E-state index in [2.05, 4.69) is 6.92 Å². The van der Waals surface area contributed by atoms with E-state index in [1.807, 2.05) is 6.92 Å². The molecule has 0 unspecified atom stereocenters. The Morgan fingerprint density at radius 1 is 1.14 bits per heavy atom. The van der Waals surface area contributed by atoms with Crippen molar-refractivity contribution in [1.29, 1.82) is 0 Å². The van der Waals surface area contributed by atoms with Gasteiger partial charge in [-0.1, -0.05) is 26.2 Å². The van der Waals surface area contributed by atoms with Crippen LogP contribution in [-0.4, -0.2) is 5.78 Å². The van der Waals surface area contributed by atoms with Crippen molar-refractivity contribution in [3.63, 3.8) is 0 Å². The molecule has 80 valence electrons. The second-order valence-corrected chi connectivity index (χ2v) is 5.53. The minimum Gasteiger partial charge on any atom is -0.300 e. The number of carbonyl (C=O) groups is 1. The zero-order valence-corrected chi connectivity index (χ0v) is 9.51. The summed E-state index contributed by atoms with van der Waals surface area (Å²) in [7, 11) is 0. The van der Waals surface area contributed by atoms with Crippen LogP contribution < -0.4 is 0 Å². The van der Waals surface area contributed by atoms with Crippen molar-refractivity contribution in [3.8, 4) is 0 Å². The Hall–Kier alpha value is -0.330. The number of hydrogen-bond donors (Lipinski definition) is 0. The first kappa shape index (κ1) is 10.2. The van der Waals surface area contributed by atoms with E-state index < -0.39 is 0 Å². The first-order valence-electron chi connectivity index (χ1n) is 6.16. The highest BCUT2D eigenvalue weighted by molar-refractivity contribution is 5.79. The molecule has 2 fully saturated rings.